The fraction of sp³-hybridized carbons (Fsp3) is 0.571. The number of benzene rings is 1. The van der Waals surface area contributed by atoms with Gasteiger partial charge in [-0.2, -0.15) is 4.31 Å². The molecule has 0 amide bonds. The number of halogens is 1. The van der Waals surface area contributed by atoms with Crippen molar-refractivity contribution in [1.82, 2.24) is 4.31 Å². The number of nitrogens with two attached hydrogens (primary N) is 1. The zero-order valence-corrected chi connectivity index (χ0v) is 12.7. The topological polar surface area (TPSA) is 63.4 Å². The van der Waals surface area contributed by atoms with E-state index in [1.807, 2.05) is 0 Å². The smallest absolute Gasteiger partial charge is 0.243 e. The van der Waals surface area contributed by atoms with Crippen molar-refractivity contribution >= 4 is 15.7 Å². The van der Waals surface area contributed by atoms with Gasteiger partial charge in [-0.1, -0.05) is 13.8 Å². The van der Waals surface area contributed by atoms with Gasteiger partial charge in [-0.05, 0) is 42.9 Å². The van der Waals surface area contributed by atoms with Crippen molar-refractivity contribution in [2.45, 2.75) is 31.6 Å². The average Bonchev–Trinajstić information content (AvgIpc) is 2.37. The maximum atomic E-state index is 13.3. The number of rotatable bonds is 3. The lowest BCUT2D eigenvalue weighted by molar-refractivity contribution is 0.226. The number of nitrogen functional groups attached to an aromatic ring is 1. The predicted molar refractivity (Wildman–Crippen MR) is 77.1 cm³/mol. The van der Waals surface area contributed by atoms with Gasteiger partial charge in [0.05, 0.1) is 4.90 Å². The van der Waals surface area contributed by atoms with E-state index in [9.17, 15) is 12.8 Å². The number of piperidine rings is 1. The molecule has 0 unspecified atom stereocenters. The molecule has 0 aromatic heterocycles. The van der Waals surface area contributed by atoms with Crippen LogP contribution in [0.5, 0.6) is 0 Å². The summed E-state index contributed by atoms with van der Waals surface area (Å²) in [6.45, 7) is 5.29. The standard InChI is InChI=1S/C14H21FN2O2S/c1-10(2)11-3-5-17(6-4-11)20(18,19)14-8-12(15)7-13(16)9-14/h7-11H,3-6,16H2,1-2H3. The minimum Gasteiger partial charge on any atom is -0.399 e. The van der Waals surface area contributed by atoms with Crippen molar-refractivity contribution in [3.63, 3.8) is 0 Å². The summed E-state index contributed by atoms with van der Waals surface area (Å²) in [7, 11) is -3.64. The molecule has 1 aliphatic heterocycles. The molecule has 4 nitrogen and oxygen atoms in total. The van der Waals surface area contributed by atoms with Crippen molar-refractivity contribution in [2.75, 3.05) is 18.8 Å². The summed E-state index contributed by atoms with van der Waals surface area (Å²) in [4.78, 5) is -0.0574. The van der Waals surface area contributed by atoms with Gasteiger partial charge < -0.3 is 5.73 Å². The Balaban J connectivity index is 2.19. The van der Waals surface area contributed by atoms with E-state index in [0.29, 0.717) is 24.9 Å². The van der Waals surface area contributed by atoms with Gasteiger partial charge in [-0.3, -0.25) is 0 Å². The summed E-state index contributed by atoms with van der Waals surface area (Å²) in [6, 6.07) is 3.46. The Morgan fingerprint density at radius 3 is 2.35 bits per heavy atom. The molecule has 1 aromatic rings. The number of nitrogens with zero attached hydrogens (tertiary/aromatic N) is 1. The van der Waals surface area contributed by atoms with Gasteiger partial charge in [0, 0.05) is 18.8 Å². The van der Waals surface area contributed by atoms with E-state index in [2.05, 4.69) is 13.8 Å². The highest BCUT2D eigenvalue weighted by molar-refractivity contribution is 7.89. The van der Waals surface area contributed by atoms with Gasteiger partial charge in [0.1, 0.15) is 5.82 Å². The molecule has 2 N–H and O–H groups in total. The molecule has 112 valence electrons. The van der Waals surface area contributed by atoms with Crippen molar-refractivity contribution < 1.29 is 12.8 Å². The molecule has 1 heterocycles. The van der Waals surface area contributed by atoms with Crippen LogP contribution in [0.25, 0.3) is 0 Å². The fourth-order valence-corrected chi connectivity index (χ4v) is 4.20. The second-order valence-electron chi connectivity index (χ2n) is 5.71. The molecule has 20 heavy (non-hydrogen) atoms. The number of sulfonamides is 1. The minimum atomic E-state index is -3.64. The van der Waals surface area contributed by atoms with Crippen LogP contribution in [0.15, 0.2) is 23.1 Å². The maximum Gasteiger partial charge on any atom is 0.243 e. The monoisotopic (exact) mass is 300 g/mol. The first kappa shape index (κ1) is 15.3. The van der Waals surface area contributed by atoms with Crippen LogP contribution in [0.2, 0.25) is 0 Å². The van der Waals surface area contributed by atoms with Crippen molar-refractivity contribution in [2.24, 2.45) is 11.8 Å². The molecular weight excluding hydrogens is 279 g/mol. The van der Waals surface area contributed by atoms with Gasteiger partial charge in [-0.25, -0.2) is 12.8 Å². The van der Waals surface area contributed by atoms with Crippen LogP contribution in [-0.4, -0.2) is 25.8 Å². The SMILES string of the molecule is CC(C)C1CCN(S(=O)(=O)c2cc(N)cc(F)c2)CC1. The molecule has 0 saturated carbocycles. The predicted octanol–water partition coefficient (Wildman–Crippen LogP) is 2.46. The third kappa shape index (κ3) is 3.12. The largest absolute Gasteiger partial charge is 0.399 e. The third-order valence-electron chi connectivity index (χ3n) is 3.97. The molecule has 6 heteroatoms. The molecular formula is C14H21FN2O2S. The first-order valence-electron chi connectivity index (χ1n) is 6.87. The van der Waals surface area contributed by atoms with Crippen LogP contribution < -0.4 is 5.73 Å². The van der Waals surface area contributed by atoms with Gasteiger partial charge in [0.2, 0.25) is 10.0 Å². The molecule has 0 spiro atoms. The van der Waals surface area contributed by atoms with Crippen LogP contribution in [0, 0.1) is 17.7 Å². The third-order valence-corrected chi connectivity index (χ3v) is 5.85. The first-order valence-corrected chi connectivity index (χ1v) is 8.31. The highest BCUT2D eigenvalue weighted by atomic mass is 32.2. The molecule has 1 aliphatic rings. The lowest BCUT2D eigenvalue weighted by atomic mass is 9.87. The van der Waals surface area contributed by atoms with Gasteiger partial charge in [0.25, 0.3) is 0 Å². The maximum absolute atomic E-state index is 13.3. The Morgan fingerprint density at radius 1 is 1.25 bits per heavy atom. The Bertz CT molecular complexity index is 559. The number of anilines is 1. The van der Waals surface area contributed by atoms with E-state index in [-0.39, 0.29) is 10.6 Å². The summed E-state index contributed by atoms with van der Waals surface area (Å²) in [5.74, 6) is 0.490. The Labute approximate surface area is 119 Å². The minimum absolute atomic E-state index is 0.0574. The van der Waals surface area contributed by atoms with Crippen LogP contribution in [0.3, 0.4) is 0 Å². The lowest BCUT2D eigenvalue weighted by Gasteiger charge is -2.33. The van der Waals surface area contributed by atoms with Crippen LogP contribution in [-0.2, 0) is 10.0 Å². The molecule has 0 bridgehead atoms. The van der Waals surface area contributed by atoms with Crippen molar-refractivity contribution in [3.05, 3.63) is 24.0 Å². The Kier molecular flexibility index (Phi) is 4.34. The van der Waals surface area contributed by atoms with E-state index in [0.717, 1.165) is 25.0 Å². The van der Waals surface area contributed by atoms with Gasteiger partial charge in [0.15, 0.2) is 0 Å². The molecule has 0 atom stereocenters. The second-order valence-corrected chi connectivity index (χ2v) is 7.64. The van der Waals surface area contributed by atoms with Crippen LogP contribution in [0.4, 0.5) is 10.1 Å². The molecule has 0 radical (unpaired) electrons. The summed E-state index contributed by atoms with van der Waals surface area (Å²) >= 11 is 0. The van der Waals surface area contributed by atoms with Crippen LogP contribution >= 0.6 is 0 Å². The van der Waals surface area contributed by atoms with Crippen LogP contribution in [0.1, 0.15) is 26.7 Å². The zero-order chi connectivity index (χ0) is 14.9. The second kappa shape index (κ2) is 5.69. The molecule has 1 fully saturated rings. The Morgan fingerprint density at radius 2 is 1.85 bits per heavy atom. The van der Waals surface area contributed by atoms with E-state index < -0.39 is 15.8 Å². The van der Waals surface area contributed by atoms with E-state index in [1.54, 1.807) is 0 Å². The number of hydrogen-bond donors (Lipinski definition) is 1. The summed E-state index contributed by atoms with van der Waals surface area (Å²) in [6.07, 6.45) is 1.70. The average molecular weight is 300 g/mol. The van der Waals surface area contributed by atoms with E-state index >= 15 is 0 Å². The molecule has 1 saturated heterocycles. The molecule has 0 aliphatic carbocycles. The summed E-state index contributed by atoms with van der Waals surface area (Å²) in [5.41, 5.74) is 5.65. The van der Waals surface area contributed by atoms with Crippen molar-refractivity contribution in [3.8, 4) is 0 Å². The highest BCUT2D eigenvalue weighted by Crippen LogP contribution is 2.28. The first-order chi connectivity index (χ1) is 9.30. The summed E-state index contributed by atoms with van der Waals surface area (Å²) < 4.78 is 39.7. The van der Waals surface area contributed by atoms with Crippen molar-refractivity contribution in [1.29, 1.82) is 0 Å². The van der Waals surface area contributed by atoms with Gasteiger partial charge >= 0.3 is 0 Å². The lowest BCUT2D eigenvalue weighted by Crippen LogP contribution is -2.39. The number of hydrogen-bond acceptors (Lipinski definition) is 3. The fourth-order valence-electron chi connectivity index (χ4n) is 2.67. The highest BCUT2D eigenvalue weighted by Gasteiger charge is 2.30. The van der Waals surface area contributed by atoms with Gasteiger partial charge in [-0.15, -0.1) is 0 Å². The molecule has 2 rings (SSSR count). The normalized spacial score (nSPS) is 18.6. The Hall–Kier alpha value is -1.14. The zero-order valence-electron chi connectivity index (χ0n) is 11.8. The van der Waals surface area contributed by atoms with E-state index in [4.69, 9.17) is 5.73 Å². The molecule has 1 aromatic carbocycles. The summed E-state index contributed by atoms with van der Waals surface area (Å²) in [5, 5.41) is 0. The van der Waals surface area contributed by atoms with E-state index in [1.165, 1.54) is 10.4 Å². The quantitative estimate of drug-likeness (QED) is 0.872.